The molecule has 3 N–H and O–H groups in total. The van der Waals surface area contributed by atoms with E-state index in [1.807, 2.05) is 30.3 Å². The largest absolute Gasteiger partial charge is 0.416 e. The average molecular weight is 330 g/mol. The fraction of sp³-hybridized carbons (Fsp3) is 0.250. The third-order valence-electron chi connectivity index (χ3n) is 3.33. The summed E-state index contributed by atoms with van der Waals surface area (Å²) < 4.78 is 38.4. The van der Waals surface area contributed by atoms with Crippen LogP contribution in [0.2, 0.25) is 5.02 Å². The zero-order chi connectivity index (χ0) is 16.3. The quantitative estimate of drug-likeness (QED) is 0.891. The van der Waals surface area contributed by atoms with E-state index in [0.717, 1.165) is 17.7 Å². The SMILES string of the molecule is N[C@@H](c1cc(Cl)cc(C(F)(F)F)c1)[C@H](O)Cc1ccccc1. The van der Waals surface area contributed by atoms with Gasteiger partial charge in [0.25, 0.3) is 0 Å². The van der Waals surface area contributed by atoms with Gasteiger partial charge < -0.3 is 10.8 Å². The minimum absolute atomic E-state index is 0.0628. The Morgan fingerprint density at radius 1 is 1.09 bits per heavy atom. The molecule has 0 amide bonds. The normalized spacial score (nSPS) is 14.6. The maximum absolute atomic E-state index is 12.8. The molecule has 0 aliphatic heterocycles. The topological polar surface area (TPSA) is 46.2 Å². The van der Waals surface area contributed by atoms with Gasteiger partial charge in [0.1, 0.15) is 0 Å². The fourth-order valence-corrected chi connectivity index (χ4v) is 2.42. The molecule has 0 saturated carbocycles. The van der Waals surface area contributed by atoms with Crippen LogP contribution in [0.4, 0.5) is 13.2 Å². The van der Waals surface area contributed by atoms with Gasteiger partial charge in [-0.2, -0.15) is 13.2 Å². The first kappa shape index (κ1) is 16.8. The highest BCUT2D eigenvalue weighted by Crippen LogP contribution is 2.33. The number of alkyl halides is 3. The summed E-state index contributed by atoms with van der Waals surface area (Å²) in [4.78, 5) is 0. The number of rotatable bonds is 4. The summed E-state index contributed by atoms with van der Waals surface area (Å²) in [5, 5.41) is 10.1. The Morgan fingerprint density at radius 2 is 1.73 bits per heavy atom. The van der Waals surface area contributed by atoms with Crippen LogP contribution >= 0.6 is 11.6 Å². The highest BCUT2D eigenvalue weighted by Gasteiger charge is 2.32. The lowest BCUT2D eigenvalue weighted by Crippen LogP contribution is -2.28. The summed E-state index contributed by atoms with van der Waals surface area (Å²) in [6.45, 7) is 0. The molecule has 0 bridgehead atoms. The molecular weight excluding hydrogens is 315 g/mol. The Balaban J connectivity index is 2.21. The molecule has 2 rings (SSSR count). The van der Waals surface area contributed by atoms with E-state index in [2.05, 4.69) is 0 Å². The molecule has 2 atom stereocenters. The minimum Gasteiger partial charge on any atom is -0.391 e. The van der Waals surface area contributed by atoms with Crippen molar-refractivity contribution in [1.29, 1.82) is 0 Å². The Kier molecular flexibility index (Phi) is 5.11. The van der Waals surface area contributed by atoms with E-state index in [9.17, 15) is 18.3 Å². The van der Waals surface area contributed by atoms with Crippen molar-refractivity contribution in [3.63, 3.8) is 0 Å². The lowest BCUT2D eigenvalue weighted by atomic mass is 9.95. The van der Waals surface area contributed by atoms with E-state index in [1.165, 1.54) is 6.07 Å². The zero-order valence-corrected chi connectivity index (χ0v) is 12.3. The highest BCUT2D eigenvalue weighted by atomic mass is 35.5. The van der Waals surface area contributed by atoms with Crippen molar-refractivity contribution >= 4 is 11.6 Å². The molecule has 0 fully saturated rings. The number of hydrogen-bond acceptors (Lipinski definition) is 2. The molecule has 6 heteroatoms. The summed E-state index contributed by atoms with van der Waals surface area (Å²) in [6, 6.07) is 11.2. The van der Waals surface area contributed by atoms with Crippen LogP contribution in [-0.2, 0) is 12.6 Å². The average Bonchev–Trinajstić information content (AvgIpc) is 2.46. The summed E-state index contributed by atoms with van der Waals surface area (Å²) in [5.41, 5.74) is 6.02. The van der Waals surface area contributed by atoms with E-state index in [-0.39, 0.29) is 17.0 Å². The van der Waals surface area contributed by atoms with Gasteiger partial charge in [0.05, 0.1) is 17.7 Å². The first-order chi connectivity index (χ1) is 10.3. The predicted molar refractivity (Wildman–Crippen MR) is 79.5 cm³/mol. The van der Waals surface area contributed by atoms with Crippen molar-refractivity contribution in [2.75, 3.05) is 0 Å². The number of hydrogen-bond donors (Lipinski definition) is 2. The first-order valence-corrected chi connectivity index (χ1v) is 7.00. The van der Waals surface area contributed by atoms with E-state index in [4.69, 9.17) is 17.3 Å². The van der Waals surface area contributed by atoms with E-state index >= 15 is 0 Å². The van der Waals surface area contributed by atoms with Crippen molar-refractivity contribution in [1.82, 2.24) is 0 Å². The van der Waals surface area contributed by atoms with E-state index in [1.54, 1.807) is 0 Å². The molecule has 0 radical (unpaired) electrons. The van der Waals surface area contributed by atoms with Gasteiger partial charge in [0.2, 0.25) is 0 Å². The van der Waals surface area contributed by atoms with E-state index < -0.39 is 23.9 Å². The highest BCUT2D eigenvalue weighted by molar-refractivity contribution is 6.30. The minimum atomic E-state index is -4.51. The third kappa shape index (κ3) is 4.22. The molecule has 22 heavy (non-hydrogen) atoms. The lowest BCUT2D eigenvalue weighted by Gasteiger charge is -2.21. The second-order valence-corrected chi connectivity index (χ2v) is 5.49. The summed E-state index contributed by atoms with van der Waals surface area (Å²) in [6.07, 6.45) is -5.28. The molecule has 118 valence electrons. The second-order valence-electron chi connectivity index (χ2n) is 5.05. The van der Waals surface area contributed by atoms with E-state index in [0.29, 0.717) is 0 Å². The molecule has 0 saturated heterocycles. The van der Waals surface area contributed by atoms with Crippen molar-refractivity contribution in [2.24, 2.45) is 5.73 Å². The summed E-state index contributed by atoms with van der Waals surface area (Å²) in [7, 11) is 0. The van der Waals surface area contributed by atoms with Gasteiger partial charge >= 0.3 is 6.18 Å². The number of aliphatic hydroxyl groups excluding tert-OH is 1. The van der Waals surface area contributed by atoms with Crippen LogP contribution < -0.4 is 5.73 Å². The van der Waals surface area contributed by atoms with Gasteiger partial charge in [0, 0.05) is 11.4 Å². The predicted octanol–water partition coefficient (Wildman–Crippen LogP) is 3.96. The van der Waals surface area contributed by atoms with Gasteiger partial charge in [-0.05, 0) is 29.3 Å². The molecule has 0 heterocycles. The van der Waals surface area contributed by atoms with Crippen molar-refractivity contribution in [3.05, 3.63) is 70.2 Å². The Bertz CT molecular complexity index is 631. The molecule has 0 unspecified atom stereocenters. The smallest absolute Gasteiger partial charge is 0.391 e. The molecule has 2 nitrogen and oxygen atoms in total. The van der Waals surface area contributed by atoms with Gasteiger partial charge in [-0.3, -0.25) is 0 Å². The molecular formula is C16H15ClF3NO. The fourth-order valence-electron chi connectivity index (χ4n) is 2.17. The molecule has 0 aromatic heterocycles. The van der Waals surface area contributed by atoms with Crippen LogP contribution in [-0.4, -0.2) is 11.2 Å². The number of aliphatic hydroxyl groups is 1. The van der Waals surface area contributed by atoms with Crippen LogP contribution in [0.25, 0.3) is 0 Å². The standard InChI is InChI=1S/C16H15ClF3NO/c17-13-8-11(7-12(9-13)16(18,19)20)15(21)14(22)6-10-4-2-1-3-5-10/h1-5,7-9,14-15,22H,6,21H2/t14-,15+/m1/s1. The Morgan fingerprint density at radius 3 is 2.32 bits per heavy atom. The van der Waals surface area contributed by atoms with Crippen molar-refractivity contribution < 1.29 is 18.3 Å². The molecule has 2 aromatic rings. The Labute approximate surface area is 131 Å². The van der Waals surface area contributed by atoms with Gasteiger partial charge in [-0.1, -0.05) is 41.9 Å². The maximum Gasteiger partial charge on any atom is 0.416 e. The first-order valence-electron chi connectivity index (χ1n) is 6.62. The molecule has 0 spiro atoms. The van der Waals surface area contributed by atoms with Crippen LogP contribution in [0, 0.1) is 0 Å². The van der Waals surface area contributed by atoms with Crippen molar-refractivity contribution in [2.45, 2.75) is 24.7 Å². The van der Waals surface area contributed by atoms with Crippen LogP contribution in [0.1, 0.15) is 22.7 Å². The van der Waals surface area contributed by atoms with Crippen LogP contribution in [0.15, 0.2) is 48.5 Å². The van der Waals surface area contributed by atoms with Crippen LogP contribution in [0.3, 0.4) is 0 Å². The van der Waals surface area contributed by atoms with Gasteiger partial charge in [0.15, 0.2) is 0 Å². The van der Waals surface area contributed by atoms with Gasteiger partial charge in [-0.25, -0.2) is 0 Å². The Hall–Kier alpha value is -1.56. The molecule has 2 aromatic carbocycles. The second kappa shape index (κ2) is 6.69. The van der Waals surface area contributed by atoms with Gasteiger partial charge in [-0.15, -0.1) is 0 Å². The van der Waals surface area contributed by atoms with Crippen molar-refractivity contribution in [3.8, 4) is 0 Å². The summed E-state index contributed by atoms with van der Waals surface area (Å²) >= 11 is 5.73. The number of halogens is 4. The number of benzene rings is 2. The monoisotopic (exact) mass is 329 g/mol. The third-order valence-corrected chi connectivity index (χ3v) is 3.55. The number of nitrogens with two attached hydrogens (primary N) is 1. The molecule has 0 aliphatic rings. The lowest BCUT2D eigenvalue weighted by molar-refractivity contribution is -0.137. The maximum atomic E-state index is 12.8. The molecule has 0 aliphatic carbocycles. The zero-order valence-electron chi connectivity index (χ0n) is 11.5. The van der Waals surface area contributed by atoms with Crippen LogP contribution in [0.5, 0.6) is 0 Å². The summed E-state index contributed by atoms with van der Waals surface area (Å²) in [5.74, 6) is 0.